The number of hydrogen-bond donors (Lipinski definition) is 0. The SMILES string of the molecule is Cc1cccc(-c2[c-]cccc2)n1.Cc1cccc(-c2[c-]cccc2)n1.Cc1ccnc(-c2[c-]cc3c4ccccc4n(CC(C)C)c3c2)c1.[Ir+3]. The van der Waals surface area contributed by atoms with Crippen LogP contribution in [0.25, 0.3) is 55.6 Å². The van der Waals surface area contributed by atoms with Crippen LogP contribution in [0.3, 0.4) is 0 Å². The summed E-state index contributed by atoms with van der Waals surface area (Å²) in [5.74, 6) is 0.591. The number of pyridine rings is 3. The summed E-state index contributed by atoms with van der Waals surface area (Å²) < 4.78 is 2.43. The van der Waals surface area contributed by atoms with Gasteiger partial charge in [-0.3, -0.25) is 0 Å². The Morgan fingerprint density at radius 1 is 0.569 bits per heavy atom. The molecular weight excluding hydrogens is 801 g/mol. The Morgan fingerprint density at radius 2 is 1.18 bits per heavy atom. The normalized spacial score (nSPS) is 10.5. The van der Waals surface area contributed by atoms with Gasteiger partial charge in [-0.1, -0.05) is 73.3 Å². The number of fused-ring (bicyclic) bond motifs is 3. The van der Waals surface area contributed by atoms with Crippen LogP contribution >= 0.6 is 0 Å². The average Bonchev–Trinajstić information content (AvgIpc) is 3.45. The number of aryl methyl sites for hydroxylation is 3. The molecule has 0 atom stereocenters. The largest absolute Gasteiger partial charge is 3.00 e. The molecular formula is C46H41IrN4. The first-order chi connectivity index (χ1) is 24.4. The maximum absolute atomic E-state index is 4.52. The van der Waals surface area contributed by atoms with Crippen molar-refractivity contribution in [2.45, 2.75) is 41.2 Å². The third-order valence-corrected chi connectivity index (χ3v) is 8.19. The van der Waals surface area contributed by atoms with E-state index >= 15 is 0 Å². The minimum atomic E-state index is 0. The molecule has 0 fully saturated rings. The van der Waals surface area contributed by atoms with E-state index in [0.717, 1.165) is 51.7 Å². The van der Waals surface area contributed by atoms with Crippen molar-refractivity contribution in [3.63, 3.8) is 0 Å². The Bertz CT molecular complexity index is 2230. The third kappa shape index (κ3) is 9.52. The van der Waals surface area contributed by atoms with E-state index in [1.807, 2.05) is 111 Å². The predicted molar refractivity (Wildman–Crippen MR) is 208 cm³/mol. The van der Waals surface area contributed by atoms with E-state index in [4.69, 9.17) is 0 Å². The van der Waals surface area contributed by atoms with Gasteiger partial charge in [0.1, 0.15) is 0 Å². The van der Waals surface area contributed by atoms with Crippen molar-refractivity contribution in [2.24, 2.45) is 5.92 Å². The predicted octanol–water partition coefficient (Wildman–Crippen LogP) is 11.3. The van der Waals surface area contributed by atoms with Crippen molar-refractivity contribution in [3.8, 4) is 33.8 Å². The Kier molecular flexibility index (Phi) is 12.8. The van der Waals surface area contributed by atoms with Crippen LogP contribution in [0.5, 0.6) is 0 Å². The number of nitrogens with zero attached hydrogens (tertiary/aromatic N) is 4. The van der Waals surface area contributed by atoms with Crippen LogP contribution in [0.1, 0.15) is 30.8 Å². The molecule has 0 bridgehead atoms. The van der Waals surface area contributed by atoms with Gasteiger partial charge in [0.2, 0.25) is 0 Å². The van der Waals surface area contributed by atoms with Crippen LogP contribution in [0.4, 0.5) is 0 Å². The van der Waals surface area contributed by atoms with Crippen LogP contribution in [0.2, 0.25) is 0 Å². The van der Waals surface area contributed by atoms with Gasteiger partial charge in [-0.2, -0.15) is 0 Å². The summed E-state index contributed by atoms with van der Waals surface area (Å²) in [6, 6.07) is 54.6. The first kappa shape index (κ1) is 37.0. The van der Waals surface area contributed by atoms with Crippen LogP contribution in [-0.2, 0) is 26.7 Å². The van der Waals surface area contributed by atoms with Gasteiger partial charge in [0.15, 0.2) is 0 Å². The molecule has 8 rings (SSSR count). The molecule has 0 saturated heterocycles. The summed E-state index contributed by atoms with van der Waals surface area (Å²) in [5, 5.41) is 2.57. The molecule has 254 valence electrons. The van der Waals surface area contributed by atoms with Gasteiger partial charge in [0.05, 0.1) is 0 Å². The van der Waals surface area contributed by atoms with Crippen molar-refractivity contribution >= 4 is 21.8 Å². The number of benzene rings is 4. The molecule has 0 N–H and O–H groups in total. The first-order valence-corrected chi connectivity index (χ1v) is 17.0. The molecule has 5 heteroatoms. The first-order valence-electron chi connectivity index (χ1n) is 17.0. The molecule has 0 spiro atoms. The number of hydrogen-bond acceptors (Lipinski definition) is 3. The molecule has 4 nitrogen and oxygen atoms in total. The maximum atomic E-state index is 4.52. The summed E-state index contributed by atoms with van der Waals surface area (Å²) >= 11 is 0. The minimum absolute atomic E-state index is 0. The molecule has 0 saturated carbocycles. The summed E-state index contributed by atoms with van der Waals surface area (Å²) in [6.45, 7) is 11.6. The Morgan fingerprint density at radius 3 is 1.73 bits per heavy atom. The van der Waals surface area contributed by atoms with Crippen molar-refractivity contribution in [1.82, 2.24) is 19.5 Å². The summed E-state index contributed by atoms with van der Waals surface area (Å²) in [4.78, 5) is 13.3. The average molecular weight is 842 g/mol. The number of aromatic nitrogens is 4. The van der Waals surface area contributed by atoms with Crippen LogP contribution < -0.4 is 0 Å². The van der Waals surface area contributed by atoms with E-state index < -0.39 is 0 Å². The molecule has 0 amide bonds. The molecule has 0 unspecified atom stereocenters. The molecule has 4 heterocycles. The Labute approximate surface area is 315 Å². The van der Waals surface area contributed by atoms with E-state index in [0.29, 0.717) is 5.92 Å². The maximum Gasteiger partial charge on any atom is 3.00 e. The van der Waals surface area contributed by atoms with Gasteiger partial charge >= 0.3 is 20.1 Å². The quantitative estimate of drug-likeness (QED) is 0.162. The second-order valence-corrected chi connectivity index (χ2v) is 12.8. The fraction of sp³-hybridized carbons (Fsp3) is 0.152. The van der Waals surface area contributed by atoms with E-state index in [2.05, 4.69) is 101 Å². The van der Waals surface area contributed by atoms with Gasteiger partial charge < -0.3 is 19.5 Å². The molecule has 0 aliphatic heterocycles. The van der Waals surface area contributed by atoms with Crippen LogP contribution in [0.15, 0.2) is 140 Å². The third-order valence-electron chi connectivity index (χ3n) is 8.19. The molecule has 0 aliphatic carbocycles. The van der Waals surface area contributed by atoms with E-state index in [1.54, 1.807) is 0 Å². The van der Waals surface area contributed by atoms with Crippen LogP contribution in [0, 0.1) is 44.9 Å². The fourth-order valence-corrected chi connectivity index (χ4v) is 5.87. The molecule has 4 aromatic carbocycles. The van der Waals surface area contributed by atoms with E-state index in [9.17, 15) is 0 Å². The molecule has 0 aliphatic rings. The topological polar surface area (TPSA) is 43.6 Å². The number of para-hydroxylation sites is 1. The van der Waals surface area contributed by atoms with Gasteiger partial charge in [0, 0.05) is 29.6 Å². The Hall–Kier alpha value is -5.22. The standard InChI is InChI=1S/C22H21N2.2C12H10N.Ir/c1-15(2)14-24-21-7-5-4-6-18(21)19-9-8-17(13-22(19)24)20-12-16(3)10-11-23-20;2*1-10-6-5-9-12(13-10)11-7-3-2-4-8-11;/h4-7,9-13,15H,14H2,1-3H3;2*2-7,9H,1H3;/q3*-1;+3. The summed E-state index contributed by atoms with van der Waals surface area (Å²) in [6.07, 6.45) is 1.87. The zero-order valence-electron chi connectivity index (χ0n) is 29.7. The molecule has 0 radical (unpaired) electrons. The van der Waals surface area contributed by atoms with E-state index in [-0.39, 0.29) is 20.1 Å². The molecule has 51 heavy (non-hydrogen) atoms. The zero-order valence-corrected chi connectivity index (χ0v) is 32.1. The fourth-order valence-electron chi connectivity index (χ4n) is 5.87. The van der Waals surface area contributed by atoms with Gasteiger partial charge in [-0.05, 0) is 78.9 Å². The molecule has 8 aromatic rings. The van der Waals surface area contributed by atoms with Crippen LogP contribution in [-0.4, -0.2) is 19.5 Å². The summed E-state index contributed by atoms with van der Waals surface area (Å²) in [5.41, 5.74) is 12.0. The monoisotopic (exact) mass is 842 g/mol. The smallest absolute Gasteiger partial charge is 0.358 e. The zero-order chi connectivity index (χ0) is 34.9. The minimum Gasteiger partial charge on any atom is -0.358 e. The van der Waals surface area contributed by atoms with Gasteiger partial charge in [0.25, 0.3) is 0 Å². The van der Waals surface area contributed by atoms with Gasteiger partial charge in [-0.15, -0.1) is 95.6 Å². The summed E-state index contributed by atoms with van der Waals surface area (Å²) in [7, 11) is 0. The van der Waals surface area contributed by atoms with E-state index in [1.165, 1.54) is 27.4 Å². The van der Waals surface area contributed by atoms with Gasteiger partial charge in [-0.25, -0.2) is 0 Å². The van der Waals surface area contributed by atoms with Crippen molar-refractivity contribution in [1.29, 1.82) is 0 Å². The van der Waals surface area contributed by atoms with Crippen molar-refractivity contribution < 1.29 is 20.1 Å². The van der Waals surface area contributed by atoms with Crippen molar-refractivity contribution in [3.05, 3.63) is 175 Å². The second-order valence-electron chi connectivity index (χ2n) is 12.8. The number of rotatable bonds is 5. The Balaban J connectivity index is 0.000000159. The van der Waals surface area contributed by atoms with Crippen molar-refractivity contribution in [2.75, 3.05) is 0 Å². The molecule has 4 aromatic heterocycles. The second kappa shape index (κ2) is 17.6.